The maximum atomic E-state index is 5.46. The number of aromatic nitrogens is 5. The molecule has 0 bridgehead atoms. The van der Waals surface area contributed by atoms with Gasteiger partial charge < -0.3 is 15.4 Å². The molecular formula is C21H23N7O. The Hall–Kier alpha value is -3.68. The van der Waals surface area contributed by atoms with E-state index in [0.717, 1.165) is 39.3 Å². The number of rotatable bonds is 5. The zero-order chi connectivity index (χ0) is 20.5. The molecule has 4 aromatic rings. The molecule has 0 fully saturated rings. The Bertz CT molecular complexity index is 1200. The summed E-state index contributed by atoms with van der Waals surface area (Å²) in [5, 5.41) is 12.3. The Kier molecular flexibility index (Phi) is 4.75. The lowest BCUT2D eigenvalue weighted by molar-refractivity contribution is 0.412. The van der Waals surface area contributed by atoms with Gasteiger partial charge in [0, 0.05) is 36.8 Å². The van der Waals surface area contributed by atoms with Gasteiger partial charge in [-0.25, -0.2) is 15.0 Å². The second kappa shape index (κ2) is 7.38. The van der Waals surface area contributed by atoms with Crippen LogP contribution >= 0.6 is 0 Å². The smallest absolute Gasteiger partial charge is 0.161 e. The Morgan fingerprint density at radius 1 is 1.00 bits per heavy atom. The number of hydrogen-bond acceptors (Lipinski definition) is 7. The van der Waals surface area contributed by atoms with Crippen LogP contribution in [0.5, 0.6) is 5.75 Å². The monoisotopic (exact) mass is 389 g/mol. The molecule has 0 unspecified atom stereocenters. The highest BCUT2D eigenvalue weighted by Crippen LogP contribution is 2.33. The predicted molar refractivity (Wildman–Crippen MR) is 114 cm³/mol. The first-order chi connectivity index (χ1) is 14.0. The standard InChI is InChI=1S/C21H23N7O/c1-12-6-7-17(29-5)13(2)20(12)26-21-15-11-23-19(10-16(15)28(4)27-21)25-18-8-9-22-14(3)24-18/h6-11H,1-5H3,(H,26,27)(H,22,23,24,25). The van der Waals surface area contributed by atoms with E-state index >= 15 is 0 Å². The molecule has 0 radical (unpaired) electrons. The highest BCUT2D eigenvalue weighted by Gasteiger charge is 2.14. The van der Waals surface area contributed by atoms with Crippen molar-refractivity contribution < 1.29 is 4.74 Å². The third kappa shape index (κ3) is 3.56. The number of benzene rings is 1. The number of methoxy groups -OCH3 is 1. The van der Waals surface area contributed by atoms with Crippen molar-refractivity contribution in [1.29, 1.82) is 0 Å². The van der Waals surface area contributed by atoms with E-state index in [9.17, 15) is 0 Å². The molecule has 29 heavy (non-hydrogen) atoms. The van der Waals surface area contributed by atoms with Crippen molar-refractivity contribution in [2.75, 3.05) is 17.7 Å². The molecule has 0 spiro atoms. The number of ether oxygens (including phenoxy) is 1. The van der Waals surface area contributed by atoms with Crippen LogP contribution in [0.1, 0.15) is 17.0 Å². The van der Waals surface area contributed by atoms with Crippen molar-refractivity contribution in [3.63, 3.8) is 0 Å². The molecule has 4 rings (SSSR count). The number of nitrogens with zero attached hydrogens (tertiary/aromatic N) is 5. The molecule has 8 nitrogen and oxygen atoms in total. The number of aryl methyl sites for hydroxylation is 3. The Morgan fingerprint density at radius 3 is 2.59 bits per heavy atom. The van der Waals surface area contributed by atoms with Crippen LogP contribution in [0.2, 0.25) is 0 Å². The quantitative estimate of drug-likeness (QED) is 0.529. The minimum absolute atomic E-state index is 0.693. The Labute approximate surface area is 169 Å². The first kappa shape index (κ1) is 18.7. The molecule has 148 valence electrons. The summed E-state index contributed by atoms with van der Waals surface area (Å²) < 4.78 is 7.29. The summed E-state index contributed by atoms with van der Waals surface area (Å²) in [4.78, 5) is 13.0. The van der Waals surface area contributed by atoms with Crippen LogP contribution in [0.3, 0.4) is 0 Å². The van der Waals surface area contributed by atoms with Gasteiger partial charge in [-0.05, 0) is 38.5 Å². The van der Waals surface area contributed by atoms with Crippen LogP contribution in [0, 0.1) is 20.8 Å². The molecule has 0 aliphatic heterocycles. The highest BCUT2D eigenvalue weighted by atomic mass is 16.5. The van der Waals surface area contributed by atoms with Crippen LogP contribution in [-0.2, 0) is 7.05 Å². The van der Waals surface area contributed by atoms with Gasteiger partial charge in [-0.15, -0.1) is 0 Å². The number of nitrogens with one attached hydrogen (secondary N) is 2. The molecule has 3 aromatic heterocycles. The molecule has 0 amide bonds. The fourth-order valence-corrected chi connectivity index (χ4v) is 3.33. The van der Waals surface area contributed by atoms with E-state index < -0.39 is 0 Å². The van der Waals surface area contributed by atoms with Gasteiger partial charge >= 0.3 is 0 Å². The minimum Gasteiger partial charge on any atom is -0.496 e. The third-order valence-electron chi connectivity index (χ3n) is 4.86. The van der Waals surface area contributed by atoms with Gasteiger partial charge in [-0.1, -0.05) is 6.07 Å². The Balaban J connectivity index is 1.69. The average Bonchev–Trinajstić information content (AvgIpc) is 3.00. The molecule has 0 aliphatic carbocycles. The maximum Gasteiger partial charge on any atom is 0.161 e. The van der Waals surface area contributed by atoms with Gasteiger partial charge in [0.2, 0.25) is 0 Å². The van der Waals surface area contributed by atoms with Crippen LogP contribution in [-0.4, -0.2) is 31.8 Å². The molecule has 0 saturated carbocycles. The summed E-state index contributed by atoms with van der Waals surface area (Å²) in [5.74, 6) is 3.68. The van der Waals surface area contributed by atoms with Crippen LogP contribution < -0.4 is 15.4 Å². The topological polar surface area (TPSA) is 89.8 Å². The van der Waals surface area contributed by atoms with Gasteiger partial charge in [0.15, 0.2) is 5.82 Å². The SMILES string of the molecule is COc1ccc(C)c(Nc2nn(C)c3cc(Nc4ccnc(C)n4)ncc23)c1C. The van der Waals surface area contributed by atoms with E-state index in [4.69, 9.17) is 4.74 Å². The average molecular weight is 389 g/mol. The summed E-state index contributed by atoms with van der Waals surface area (Å²) in [6.45, 7) is 5.94. The molecular weight excluding hydrogens is 366 g/mol. The van der Waals surface area contributed by atoms with E-state index in [2.05, 4.69) is 37.6 Å². The first-order valence-corrected chi connectivity index (χ1v) is 9.27. The van der Waals surface area contributed by atoms with Crippen molar-refractivity contribution in [1.82, 2.24) is 24.7 Å². The highest BCUT2D eigenvalue weighted by molar-refractivity contribution is 5.93. The van der Waals surface area contributed by atoms with Crippen molar-refractivity contribution >= 4 is 34.0 Å². The minimum atomic E-state index is 0.693. The third-order valence-corrected chi connectivity index (χ3v) is 4.86. The largest absolute Gasteiger partial charge is 0.496 e. The lowest BCUT2D eigenvalue weighted by Crippen LogP contribution is -2.00. The van der Waals surface area contributed by atoms with E-state index in [1.165, 1.54) is 0 Å². The molecule has 2 N–H and O–H groups in total. The lowest BCUT2D eigenvalue weighted by atomic mass is 10.1. The zero-order valence-corrected chi connectivity index (χ0v) is 17.1. The molecule has 3 heterocycles. The van der Waals surface area contributed by atoms with Gasteiger partial charge in [0.25, 0.3) is 0 Å². The molecule has 1 aromatic carbocycles. The molecule has 0 atom stereocenters. The zero-order valence-electron chi connectivity index (χ0n) is 17.1. The second-order valence-corrected chi connectivity index (χ2v) is 6.88. The van der Waals surface area contributed by atoms with Crippen LogP contribution in [0.25, 0.3) is 10.9 Å². The van der Waals surface area contributed by atoms with Crippen LogP contribution in [0.15, 0.2) is 36.7 Å². The molecule has 8 heteroatoms. The van der Waals surface area contributed by atoms with E-state index in [-0.39, 0.29) is 0 Å². The normalized spacial score (nSPS) is 10.9. The molecule has 0 aliphatic rings. The van der Waals surface area contributed by atoms with Gasteiger partial charge in [-0.2, -0.15) is 5.10 Å². The molecule has 0 saturated heterocycles. The summed E-state index contributed by atoms with van der Waals surface area (Å²) in [7, 11) is 3.59. The summed E-state index contributed by atoms with van der Waals surface area (Å²) in [6, 6.07) is 7.77. The van der Waals surface area contributed by atoms with Crippen molar-refractivity contribution in [3.8, 4) is 5.75 Å². The maximum absolute atomic E-state index is 5.46. The Morgan fingerprint density at radius 2 is 1.83 bits per heavy atom. The van der Waals surface area contributed by atoms with Crippen molar-refractivity contribution in [2.24, 2.45) is 7.05 Å². The summed E-state index contributed by atoms with van der Waals surface area (Å²) in [5.41, 5.74) is 4.10. The lowest BCUT2D eigenvalue weighted by Gasteiger charge is -2.14. The summed E-state index contributed by atoms with van der Waals surface area (Å²) >= 11 is 0. The number of anilines is 4. The van der Waals surface area contributed by atoms with Crippen LogP contribution in [0.4, 0.5) is 23.1 Å². The van der Waals surface area contributed by atoms with Crippen molar-refractivity contribution in [3.05, 3.63) is 53.6 Å². The fourth-order valence-electron chi connectivity index (χ4n) is 3.33. The van der Waals surface area contributed by atoms with Crippen molar-refractivity contribution in [2.45, 2.75) is 20.8 Å². The summed E-state index contributed by atoms with van der Waals surface area (Å²) in [6.07, 6.45) is 3.53. The van der Waals surface area contributed by atoms with Gasteiger partial charge in [0.1, 0.15) is 23.2 Å². The van der Waals surface area contributed by atoms with E-state index in [0.29, 0.717) is 17.5 Å². The van der Waals surface area contributed by atoms with E-state index in [1.807, 2.05) is 56.0 Å². The fraction of sp³-hybridized carbons (Fsp3) is 0.238. The van der Waals surface area contributed by atoms with E-state index in [1.54, 1.807) is 13.3 Å². The number of hydrogen-bond donors (Lipinski definition) is 2. The number of pyridine rings is 1. The second-order valence-electron chi connectivity index (χ2n) is 6.88. The van der Waals surface area contributed by atoms with Gasteiger partial charge in [0.05, 0.1) is 18.0 Å². The predicted octanol–water partition coefficient (Wildman–Crippen LogP) is 4.18. The first-order valence-electron chi connectivity index (χ1n) is 9.27. The number of fused-ring (bicyclic) bond motifs is 1. The van der Waals surface area contributed by atoms with Gasteiger partial charge in [-0.3, -0.25) is 4.68 Å².